The molecule has 0 amide bonds. The topological polar surface area (TPSA) is 86.5 Å². The maximum absolute atomic E-state index is 9.40. The van der Waals surface area contributed by atoms with E-state index in [1.807, 2.05) is 6.19 Å². The second kappa shape index (κ2) is 9.49. The van der Waals surface area contributed by atoms with Gasteiger partial charge < -0.3 is 9.30 Å². The van der Waals surface area contributed by atoms with Crippen LogP contribution in [0.1, 0.15) is 69.9 Å². The molecule has 1 fully saturated rings. The van der Waals surface area contributed by atoms with Gasteiger partial charge in [-0.3, -0.25) is 0 Å². The van der Waals surface area contributed by atoms with E-state index in [4.69, 9.17) is 9.73 Å². The van der Waals surface area contributed by atoms with Gasteiger partial charge in [-0.2, -0.15) is 20.5 Å². The predicted molar refractivity (Wildman–Crippen MR) is 123 cm³/mol. The first-order valence-electron chi connectivity index (χ1n) is 10.6. The van der Waals surface area contributed by atoms with E-state index in [2.05, 4.69) is 56.4 Å². The van der Waals surface area contributed by atoms with Crippen molar-refractivity contribution < 1.29 is 4.74 Å². The zero-order valence-corrected chi connectivity index (χ0v) is 19.7. The van der Waals surface area contributed by atoms with Crippen molar-refractivity contribution in [1.29, 1.82) is 10.5 Å². The Bertz CT molecular complexity index is 1110. The van der Waals surface area contributed by atoms with Crippen molar-refractivity contribution >= 4 is 17.2 Å². The molecule has 0 unspecified atom stereocenters. The second-order valence-corrected chi connectivity index (χ2v) is 10.3. The molecule has 31 heavy (non-hydrogen) atoms. The first-order valence-corrected chi connectivity index (χ1v) is 11.5. The lowest BCUT2D eigenvalue weighted by Gasteiger charge is -2.27. The minimum absolute atomic E-state index is 0.0110. The molecule has 2 aromatic rings. The van der Waals surface area contributed by atoms with Gasteiger partial charge in [-0.25, -0.2) is 0 Å². The molecule has 1 aliphatic carbocycles. The number of benzene rings is 1. The molecule has 0 radical (unpaired) electrons. The Hall–Kier alpha value is -2.90. The zero-order valence-electron chi connectivity index (χ0n) is 18.8. The van der Waals surface area contributed by atoms with Crippen molar-refractivity contribution in [2.75, 3.05) is 0 Å². The van der Waals surface area contributed by atoms with Gasteiger partial charge in [0.2, 0.25) is 6.19 Å². The number of aromatic nitrogens is 1. The standard InChI is InChI=1S/C24H29N5OS/c1-16(2)13-29-14-21(24(3,4)5)31-23(29)28-22(27-15-26)19-11-17(12-25)9-10-20(19)30-18-7-6-8-18/h9-11,14,16,18H,6-8,13H2,1-5H3. The normalized spacial score (nSPS) is 15.5. The van der Waals surface area contributed by atoms with Gasteiger partial charge in [0.25, 0.3) is 0 Å². The lowest BCUT2D eigenvalue weighted by Crippen LogP contribution is -2.25. The van der Waals surface area contributed by atoms with Gasteiger partial charge in [0, 0.05) is 17.6 Å². The SMILES string of the molecule is CC(C)Cn1cc(C(C)(C)C)sc1=NC(=NC#N)c1cc(C#N)ccc1OC1CCC1. The number of hydrogen-bond acceptors (Lipinski definition) is 5. The third-order valence-corrected chi connectivity index (χ3v) is 6.52. The van der Waals surface area contributed by atoms with Gasteiger partial charge in [-0.1, -0.05) is 34.6 Å². The number of amidine groups is 1. The van der Waals surface area contributed by atoms with Crippen molar-refractivity contribution in [3.05, 3.63) is 45.2 Å². The number of nitriles is 2. The van der Waals surface area contributed by atoms with E-state index in [-0.39, 0.29) is 17.4 Å². The first kappa shape index (κ1) is 22.8. The van der Waals surface area contributed by atoms with Gasteiger partial charge in [-0.05, 0) is 48.8 Å². The fourth-order valence-electron chi connectivity index (χ4n) is 3.17. The highest BCUT2D eigenvalue weighted by atomic mass is 32.1. The van der Waals surface area contributed by atoms with E-state index in [0.717, 1.165) is 30.6 Å². The Labute approximate surface area is 188 Å². The van der Waals surface area contributed by atoms with E-state index in [0.29, 0.717) is 22.8 Å². The fraction of sp³-hybridized carbons (Fsp3) is 0.500. The number of thiazole rings is 1. The Morgan fingerprint density at radius 1 is 1.29 bits per heavy atom. The molecule has 0 bridgehead atoms. The summed E-state index contributed by atoms with van der Waals surface area (Å²) in [4.78, 5) is 10.8. The largest absolute Gasteiger partial charge is 0.490 e. The molecule has 6 nitrogen and oxygen atoms in total. The molecular weight excluding hydrogens is 406 g/mol. The lowest BCUT2D eigenvalue weighted by molar-refractivity contribution is 0.120. The Morgan fingerprint density at radius 3 is 2.58 bits per heavy atom. The summed E-state index contributed by atoms with van der Waals surface area (Å²) in [5, 5.41) is 18.8. The molecule has 0 N–H and O–H groups in total. The molecule has 162 valence electrons. The van der Waals surface area contributed by atoms with E-state index in [9.17, 15) is 10.5 Å². The number of rotatable bonds is 5. The van der Waals surface area contributed by atoms with Crippen LogP contribution in [0, 0.1) is 28.7 Å². The second-order valence-electron chi connectivity index (χ2n) is 9.31. The van der Waals surface area contributed by atoms with Crippen LogP contribution in [-0.2, 0) is 12.0 Å². The molecule has 0 saturated heterocycles. The monoisotopic (exact) mass is 435 g/mol. The highest BCUT2D eigenvalue weighted by molar-refractivity contribution is 7.09. The summed E-state index contributed by atoms with van der Waals surface area (Å²) in [5.41, 5.74) is 1.05. The fourth-order valence-corrected chi connectivity index (χ4v) is 4.23. The van der Waals surface area contributed by atoms with Crippen molar-refractivity contribution in [3.63, 3.8) is 0 Å². The summed E-state index contributed by atoms with van der Waals surface area (Å²) >= 11 is 1.60. The number of aliphatic imine (C=N–C) groups is 1. The Kier molecular flexibility index (Phi) is 6.97. The first-order chi connectivity index (χ1) is 14.7. The van der Waals surface area contributed by atoms with Gasteiger partial charge in [0.05, 0.1) is 23.3 Å². The lowest BCUT2D eigenvalue weighted by atomic mass is 9.95. The van der Waals surface area contributed by atoms with Gasteiger partial charge in [0.15, 0.2) is 10.6 Å². The van der Waals surface area contributed by atoms with Crippen LogP contribution in [0.5, 0.6) is 5.75 Å². The third-order valence-electron chi connectivity index (χ3n) is 5.07. The van der Waals surface area contributed by atoms with Crippen LogP contribution in [0.4, 0.5) is 0 Å². The quantitative estimate of drug-likeness (QED) is 0.370. The summed E-state index contributed by atoms with van der Waals surface area (Å²) in [7, 11) is 0. The van der Waals surface area contributed by atoms with Crippen molar-refractivity contribution in [2.45, 2.75) is 71.9 Å². The minimum Gasteiger partial charge on any atom is -0.490 e. The molecule has 0 atom stereocenters. The molecule has 1 aromatic carbocycles. The van der Waals surface area contributed by atoms with E-state index in [1.165, 1.54) is 4.88 Å². The summed E-state index contributed by atoms with van der Waals surface area (Å²) in [6.07, 6.45) is 7.36. The maximum atomic E-state index is 9.40. The molecule has 1 heterocycles. The minimum atomic E-state index is -0.0110. The highest BCUT2D eigenvalue weighted by Crippen LogP contribution is 2.29. The summed E-state index contributed by atoms with van der Waals surface area (Å²) in [5.74, 6) is 1.33. The van der Waals surface area contributed by atoms with Crippen LogP contribution in [0.3, 0.4) is 0 Å². The molecular formula is C24H29N5OS. The smallest absolute Gasteiger partial charge is 0.207 e. The molecule has 0 spiro atoms. The molecule has 1 saturated carbocycles. The zero-order chi connectivity index (χ0) is 22.6. The number of hydrogen-bond donors (Lipinski definition) is 0. The molecule has 3 rings (SSSR count). The Morgan fingerprint density at radius 2 is 2.03 bits per heavy atom. The van der Waals surface area contributed by atoms with Crippen LogP contribution in [0.2, 0.25) is 0 Å². The van der Waals surface area contributed by atoms with Gasteiger partial charge >= 0.3 is 0 Å². The van der Waals surface area contributed by atoms with E-state index >= 15 is 0 Å². The average Bonchev–Trinajstić information content (AvgIpc) is 3.06. The van der Waals surface area contributed by atoms with Crippen LogP contribution in [-0.4, -0.2) is 16.5 Å². The van der Waals surface area contributed by atoms with Gasteiger partial charge in [-0.15, -0.1) is 11.3 Å². The summed E-state index contributed by atoms with van der Waals surface area (Å²) < 4.78 is 8.27. The maximum Gasteiger partial charge on any atom is 0.207 e. The Balaban J connectivity index is 2.15. The molecule has 0 aliphatic heterocycles. The molecule has 1 aromatic heterocycles. The van der Waals surface area contributed by atoms with Crippen LogP contribution >= 0.6 is 11.3 Å². The van der Waals surface area contributed by atoms with Crippen LogP contribution in [0.25, 0.3) is 0 Å². The van der Waals surface area contributed by atoms with Crippen LogP contribution in [0.15, 0.2) is 34.4 Å². The number of nitrogens with zero attached hydrogens (tertiary/aromatic N) is 5. The van der Waals surface area contributed by atoms with E-state index in [1.54, 1.807) is 29.5 Å². The molecule has 7 heteroatoms. The summed E-state index contributed by atoms with van der Waals surface area (Å²) in [6.45, 7) is 11.7. The van der Waals surface area contributed by atoms with Crippen molar-refractivity contribution in [1.82, 2.24) is 4.57 Å². The van der Waals surface area contributed by atoms with Crippen LogP contribution < -0.4 is 9.54 Å². The summed E-state index contributed by atoms with van der Waals surface area (Å²) in [6, 6.07) is 7.38. The van der Waals surface area contributed by atoms with Gasteiger partial charge in [0.1, 0.15) is 5.75 Å². The van der Waals surface area contributed by atoms with E-state index < -0.39 is 0 Å². The molecule has 1 aliphatic rings. The third kappa shape index (κ3) is 5.62. The van der Waals surface area contributed by atoms with Crippen molar-refractivity contribution in [2.24, 2.45) is 15.9 Å². The number of ether oxygens (including phenoxy) is 1. The predicted octanol–water partition coefficient (Wildman–Crippen LogP) is 5.13. The highest BCUT2D eigenvalue weighted by Gasteiger charge is 2.23. The van der Waals surface area contributed by atoms with Crippen molar-refractivity contribution in [3.8, 4) is 18.0 Å². The average molecular weight is 436 g/mol.